The van der Waals surface area contributed by atoms with Gasteiger partial charge in [0.15, 0.2) is 0 Å². The molecule has 2 rings (SSSR count). The molecule has 6 heteroatoms. The zero-order valence-corrected chi connectivity index (χ0v) is 12.9. The Labute approximate surface area is 132 Å². The van der Waals surface area contributed by atoms with Crippen LogP contribution in [0, 0.1) is 24.1 Å². The van der Waals surface area contributed by atoms with E-state index in [4.69, 9.17) is 5.26 Å². The fourth-order valence-electron chi connectivity index (χ4n) is 1.74. The molecule has 0 fully saturated rings. The topological polar surface area (TPSA) is 65.8 Å². The van der Waals surface area contributed by atoms with E-state index in [2.05, 4.69) is 10.3 Å². The Balaban J connectivity index is 2.06. The molecule has 112 valence electrons. The van der Waals surface area contributed by atoms with Crippen molar-refractivity contribution in [2.75, 3.05) is 5.32 Å². The van der Waals surface area contributed by atoms with Gasteiger partial charge < -0.3 is 5.32 Å². The first-order chi connectivity index (χ1) is 10.5. The Morgan fingerprint density at radius 2 is 2.18 bits per heavy atom. The standard InChI is InChI=1S/C16H14FN3OS/c1-10-3-4-13(17)8-14(10)20-16(21)11(2)22-15-7-12(9-18)5-6-19-15/h3-8,11H,1-2H3,(H,20,21)/t11-/m1/s1. The van der Waals surface area contributed by atoms with Gasteiger partial charge in [0, 0.05) is 11.9 Å². The van der Waals surface area contributed by atoms with Gasteiger partial charge in [0.25, 0.3) is 0 Å². The number of carbonyl (C=O) groups excluding carboxylic acids is 1. The number of nitriles is 1. The molecule has 1 amide bonds. The first kappa shape index (κ1) is 16.0. The molecule has 0 aliphatic heterocycles. The van der Waals surface area contributed by atoms with Crippen molar-refractivity contribution in [1.82, 2.24) is 4.98 Å². The number of thioether (sulfide) groups is 1. The highest BCUT2D eigenvalue weighted by atomic mass is 32.2. The minimum atomic E-state index is -0.427. The number of pyridine rings is 1. The van der Waals surface area contributed by atoms with Crippen molar-refractivity contribution in [3.63, 3.8) is 0 Å². The van der Waals surface area contributed by atoms with Crippen LogP contribution in [0.1, 0.15) is 18.1 Å². The van der Waals surface area contributed by atoms with Gasteiger partial charge in [-0.1, -0.05) is 17.8 Å². The summed E-state index contributed by atoms with van der Waals surface area (Å²) < 4.78 is 13.2. The lowest BCUT2D eigenvalue weighted by Gasteiger charge is -2.13. The second-order valence-corrected chi connectivity index (χ2v) is 6.06. The van der Waals surface area contributed by atoms with Crippen LogP contribution >= 0.6 is 11.8 Å². The number of rotatable bonds is 4. The molecule has 1 heterocycles. The van der Waals surface area contributed by atoms with Crippen molar-refractivity contribution in [1.29, 1.82) is 5.26 Å². The molecule has 2 aromatic rings. The van der Waals surface area contributed by atoms with Gasteiger partial charge in [-0.15, -0.1) is 0 Å². The van der Waals surface area contributed by atoms with E-state index in [0.29, 0.717) is 16.3 Å². The third-order valence-corrected chi connectivity index (χ3v) is 4.02. The summed E-state index contributed by atoms with van der Waals surface area (Å²) in [7, 11) is 0. The van der Waals surface area contributed by atoms with E-state index in [1.165, 1.54) is 30.1 Å². The summed E-state index contributed by atoms with van der Waals surface area (Å²) in [5.74, 6) is -0.646. The number of aromatic nitrogens is 1. The zero-order chi connectivity index (χ0) is 16.1. The highest BCUT2D eigenvalue weighted by molar-refractivity contribution is 8.00. The van der Waals surface area contributed by atoms with Crippen LogP contribution in [0.5, 0.6) is 0 Å². The highest BCUT2D eigenvalue weighted by Crippen LogP contribution is 2.24. The summed E-state index contributed by atoms with van der Waals surface area (Å²) in [5, 5.41) is 11.7. The quantitative estimate of drug-likeness (QED) is 0.877. The molecule has 0 radical (unpaired) electrons. The summed E-state index contributed by atoms with van der Waals surface area (Å²) in [6.45, 7) is 3.53. The van der Waals surface area contributed by atoms with Crippen molar-refractivity contribution in [2.45, 2.75) is 24.1 Å². The predicted molar refractivity (Wildman–Crippen MR) is 84.0 cm³/mol. The number of nitrogens with zero attached hydrogens (tertiary/aromatic N) is 2. The molecule has 1 N–H and O–H groups in total. The Morgan fingerprint density at radius 3 is 2.91 bits per heavy atom. The number of carbonyl (C=O) groups is 1. The van der Waals surface area contributed by atoms with Gasteiger partial charge in [-0.3, -0.25) is 4.79 Å². The van der Waals surface area contributed by atoms with E-state index in [0.717, 1.165) is 5.56 Å². The maximum atomic E-state index is 13.2. The average molecular weight is 315 g/mol. The number of benzene rings is 1. The second kappa shape index (κ2) is 7.05. The van der Waals surface area contributed by atoms with Crippen LogP contribution in [0.3, 0.4) is 0 Å². The van der Waals surface area contributed by atoms with E-state index in [9.17, 15) is 9.18 Å². The molecule has 0 aliphatic rings. The molecule has 1 aromatic heterocycles. The van der Waals surface area contributed by atoms with Gasteiger partial charge in [0.2, 0.25) is 5.91 Å². The van der Waals surface area contributed by atoms with Gasteiger partial charge in [-0.2, -0.15) is 5.26 Å². The average Bonchev–Trinajstić information content (AvgIpc) is 2.51. The van der Waals surface area contributed by atoms with Crippen LogP contribution in [-0.2, 0) is 4.79 Å². The highest BCUT2D eigenvalue weighted by Gasteiger charge is 2.16. The van der Waals surface area contributed by atoms with Crippen molar-refractivity contribution < 1.29 is 9.18 Å². The summed E-state index contributed by atoms with van der Waals surface area (Å²) in [5.41, 5.74) is 1.74. The largest absolute Gasteiger partial charge is 0.325 e. The van der Waals surface area contributed by atoms with Gasteiger partial charge in [-0.25, -0.2) is 9.37 Å². The first-order valence-electron chi connectivity index (χ1n) is 6.59. The van der Waals surface area contributed by atoms with Gasteiger partial charge in [0.05, 0.1) is 21.9 Å². The minimum Gasteiger partial charge on any atom is -0.325 e. The molecule has 0 unspecified atom stereocenters. The summed E-state index contributed by atoms with van der Waals surface area (Å²) in [6.07, 6.45) is 1.53. The van der Waals surface area contributed by atoms with Crippen LogP contribution in [0.2, 0.25) is 0 Å². The number of halogens is 1. The monoisotopic (exact) mass is 315 g/mol. The molecule has 0 saturated carbocycles. The van der Waals surface area contributed by atoms with E-state index in [1.54, 1.807) is 32.0 Å². The number of anilines is 1. The maximum absolute atomic E-state index is 13.2. The number of nitrogens with one attached hydrogen (secondary N) is 1. The summed E-state index contributed by atoms with van der Waals surface area (Å²) in [4.78, 5) is 16.3. The second-order valence-electron chi connectivity index (χ2n) is 4.70. The van der Waals surface area contributed by atoms with Crippen molar-refractivity contribution in [2.24, 2.45) is 0 Å². The van der Waals surface area contributed by atoms with Crippen LogP contribution in [0.25, 0.3) is 0 Å². The fraction of sp³-hybridized carbons (Fsp3) is 0.188. The smallest absolute Gasteiger partial charge is 0.237 e. The summed E-state index contributed by atoms with van der Waals surface area (Å²) in [6, 6.07) is 9.51. The van der Waals surface area contributed by atoms with E-state index >= 15 is 0 Å². The number of amides is 1. The lowest BCUT2D eigenvalue weighted by molar-refractivity contribution is -0.115. The Bertz CT molecular complexity index is 742. The molecule has 0 aliphatic carbocycles. The first-order valence-corrected chi connectivity index (χ1v) is 7.47. The Kier molecular flexibility index (Phi) is 5.12. The number of hydrogen-bond donors (Lipinski definition) is 1. The molecule has 1 aromatic carbocycles. The van der Waals surface area contributed by atoms with Crippen LogP contribution < -0.4 is 5.32 Å². The molecular formula is C16H14FN3OS. The third-order valence-electron chi connectivity index (χ3n) is 2.99. The SMILES string of the molecule is Cc1ccc(F)cc1NC(=O)[C@@H](C)Sc1cc(C#N)ccn1. The molecular weight excluding hydrogens is 301 g/mol. The van der Waals surface area contributed by atoms with Crippen molar-refractivity contribution >= 4 is 23.4 Å². The molecule has 0 bridgehead atoms. The number of aryl methyl sites for hydroxylation is 1. The van der Waals surface area contributed by atoms with Gasteiger partial charge >= 0.3 is 0 Å². The number of hydrogen-bond acceptors (Lipinski definition) is 4. The lowest BCUT2D eigenvalue weighted by Crippen LogP contribution is -2.23. The minimum absolute atomic E-state index is 0.247. The van der Waals surface area contributed by atoms with E-state index in [-0.39, 0.29) is 5.91 Å². The maximum Gasteiger partial charge on any atom is 0.237 e. The third kappa shape index (κ3) is 4.06. The molecule has 0 saturated heterocycles. The van der Waals surface area contributed by atoms with Gasteiger partial charge in [-0.05, 0) is 43.7 Å². The predicted octanol–water partition coefficient (Wildman–Crippen LogP) is 3.52. The molecule has 0 spiro atoms. The van der Waals surface area contributed by atoms with Crippen LogP contribution in [0.4, 0.5) is 10.1 Å². The zero-order valence-electron chi connectivity index (χ0n) is 12.1. The molecule has 22 heavy (non-hydrogen) atoms. The van der Waals surface area contributed by atoms with Crippen molar-refractivity contribution in [3.05, 3.63) is 53.5 Å². The Morgan fingerprint density at radius 1 is 1.41 bits per heavy atom. The van der Waals surface area contributed by atoms with Crippen molar-refractivity contribution in [3.8, 4) is 6.07 Å². The fourth-order valence-corrected chi connectivity index (χ4v) is 2.59. The lowest BCUT2D eigenvalue weighted by atomic mass is 10.2. The Hall–Kier alpha value is -2.39. The normalized spacial score (nSPS) is 11.5. The van der Waals surface area contributed by atoms with E-state index < -0.39 is 11.1 Å². The molecule has 1 atom stereocenters. The summed E-state index contributed by atoms with van der Waals surface area (Å²) >= 11 is 1.24. The van der Waals surface area contributed by atoms with Gasteiger partial charge in [0.1, 0.15) is 5.82 Å². The van der Waals surface area contributed by atoms with E-state index in [1.807, 2.05) is 6.07 Å². The van der Waals surface area contributed by atoms with Crippen LogP contribution in [0.15, 0.2) is 41.6 Å². The molecule has 4 nitrogen and oxygen atoms in total. The van der Waals surface area contributed by atoms with Crippen LogP contribution in [-0.4, -0.2) is 16.1 Å².